The topological polar surface area (TPSA) is 61.3 Å². The highest BCUT2D eigenvalue weighted by Gasteiger charge is 2.25. The van der Waals surface area contributed by atoms with Gasteiger partial charge in [0.1, 0.15) is 5.75 Å². The average molecular weight is 272 g/mol. The first kappa shape index (κ1) is 13.0. The number of hydrogen-bond acceptors (Lipinski definition) is 4. The van der Waals surface area contributed by atoms with Crippen molar-refractivity contribution < 1.29 is 9.26 Å². The van der Waals surface area contributed by atoms with E-state index < -0.39 is 0 Å². The molecule has 0 spiro atoms. The number of nitrogen functional groups attached to an aromatic ring is 1. The van der Waals surface area contributed by atoms with Crippen molar-refractivity contribution in [3.63, 3.8) is 0 Å². The largest absolute Gasteiger partial charge is 0.497 e. The Morgan fingerprint density at radius 2 is 1.85 bits per heavy atom. The minimum atomic E-state index is 0.413. The smallest absolute Gasteiger partial charge is 0.230 e. The number of rotatable bonds is 3. The van der Waals surface area contributed by atoms with Gasteiger partial charge in [-0.1, -0.05) is 36.6 Å². The Hall–Kier alpha value is -1.97. The van der Waals surface area contributed by atoms with Crippen molar-refractivity contribution in [2.45, 2.75) is 38.0 Å². The molecule has 1 fully saturated rings. The Labute approximate surface area is 118 Å². The summed E-state index contributed by atoms with van der Waals surface area (Å²) in [4.78, 5) is 0. The predicted molar refractivity (Wildman–Crippen MR) is 78.7 cm³/mol. The molecular weight excluding hydrogens is 252 g/mol. The van der Waals surface area contributed by atoms with Gasteiger partial charge >= 0.3 is 0 Å². The number of methoxy groups -OCH3 is 1. The molecule has 20 heavy (non-hydrogen) atoms. The number of aromatic nitrogens is 1. The lowest BCUT2D eigenvalue weighted by Crippen LogP contribution is -2.06. The van der Waals surface area contributed by atoms with Crippen LogP contribution in [0.3, 0.4) is 0 Å². The highest BCUT2D eigenvalue weighted by Crippen LogP contribution is 2.40. The Morgan fingerprint density at radius 1 is 1.15 bits per heavy atom. The van der Waals surface area contributed by atoms with Gasteiger partial charge < -0.3 is 15.0 Å². The molecule has 1 saturated carbocycles. The van der Waals surface area contributed by atoms with E-state index in [9.17, 15) is 0 Å². The number of nitrogens with two attached hydrogens (primary N) is 1. The van der Waals surface area contributed by atoms with Crippen molar-refractivity contribution in [2.24, 2.45) is 0 Å². The summed E-state index contributed by atoms with van der Waals surface area (Å²) in [5.41, 5.74) is 9.02. The molecule has 0 unspecified atom stereocenters. The van der Waals surface area contributed by atoms with E-state index in [1.807, 2.05) is 24.3 Å². The summed E-state index contributed by atoms with van der Waals surface area (Å²) < 4.78 is 10.4. The lowest BCUT2D eigenvalue weighted by Gasteiger charge is -2.20. The highest BCUT2D eigenvalue weighted by molar-refractivity contribution is 5.75. The standard InChI is InChI=1S/C16H20N2O2/c1-19-13-9-7-11(8-10-13)14-15(18-20-16(14)17)12-5-3-2-4-6-12/h7-10,12H,2-6,17H2,1H3. The Bertz CT molecular complexity index is 569. The van der Waals surface area contributed by atoms with Gasteiger partial charge in [-0.25, -0.2) is 0 Å². The fraction of sp³-hybridized carbons (Fsp3) is 0.438. The minimum absolute atomic E-state index is 0.413. The molecule has 3 rings (SSSR count). The molecule has 1 aliphatic carbocycles. The third kappa shape index (κ3) is 2.38. The van der Waals surface area contributed by atoms with Gasteiger partial charge in [-0.15, -0.1) is 0 Å². The molecule has 0 amide bonds. The predicted octanol–water partition coefficient (Wildman–Crippen LogP) is 3.98. The average Bonchev–Trinajstić information content (AvgIpc) is 2.90. The second-order valence-corrected chi connectivity index (χ2v) is 5.37. The number of ether oxygens (including phenoxy) is 1. The van der Waals surface area contributed by atoms with Crippen LogP contribution in [-0.2, 0) is 0 Å². The summed E-state index contributed by atoms with van der Waals surface area (Å²) in [6, 6.07) is 7.89. The van der Waals surface area contributed by atoms with E-state index in [4.69, 9.17) is 15.0 Å². The zero-order valence-electron chi connectivity index (χ0n) is 11.8. The molecule has 0 atom stereocenters. The van der Waals surface area contributed by atoms with E-state index in [-0.39, 0.29) is 0 Å². The van der Waals surface area contributed by atoms with E-state index in [1.54, 1.807) is 7.11 Å². The van der Waals surface area contributed by atoms with Gasteiger partial charge in [-0.2, -0.15) is 0 Å². The van der Waals surface area contributed by atoms with Crippen LogP contribution in [0.25, 0.3) is 11.1 Å². The van der Waals surface area contributed by atoms with Gasteiger partial charge in [0.15, 0.2) is 0 Å². The van der Waals surface area contributed by atoms with Crippen LogP contribution in [0, 0.1) is 0 Å². The van der Waals surface area contributed by atoms with Gasteiger partial charge in [-0.3, -0.25) is 0 Å². The van der Waals surface area contributed by atoms with Gasteiger partial charge in [0, 0.05) is 5.92 Å². The maximum Gasteiger partial charge on any atom is 0.230 e. The molecule has 0 aliphatic heterocycles. The molecule has 1 heterocycles. The number of nitrogens with zero attached hydrogens (tertiary/aromatic N) is 1. The first-order valence-electron chi connectivity index (χ1n) is 7.19. The maximum absolute atomic E-state index is 5.99. The van der Waals surface area contributed by atoms with Crippen LogP contribution < -0.4 is 10.5 Å². The SMILES string of the molecule is COc1ccc(-c2c(C3CCCCC3)noc2N)cc1. The number of hydrogen-bond donors (Lipinski definition) is 1. The minimum Gasteiger partial charge on any atom is -0.497 e. The normalized spacial score (nSPS) is 16.2. The highest BCUT2D eigenvalue weighted by atomic mass is 16.5. The second-order valence-electron chi connectivity index (χ2n) is 5.37. The quantitative estimate of drug-likeness (QED) is 0.918. The summed E-state index contributed by atoms with van der Waals surface area (Å²) in [6.07, 6.45) is 6.20. The van der Waals surface area contributed by atoms with Gasteiger partial charge in [-0.05, 0) is 30.5 Å². The van der Waals surface area contributed by atoms with Crippen LogP contribution in [0.2, 0.25) is 0 Å². The fourth-order valence-electron chi connectivity index (χ4n) is 3.02. The van der Waals surface area contributed by atoms with Crippen LogP contribution in [-0.4, -0.2) is 12.3 Å². The van der Waals surface area contributed by atoms with E-state index in [1.165, 1.54) is 32.1 Å². The molecule has 4 nitrogen and oxygen atoms in total. The first-order chi connectivity index (χ1) is 9.79. The molecule has 1 aliphatic rings. The number of benzene rings is 1. The molecule has 0 saturated heterocycles. The molecular formula is C16H20N2O2. The van der Waals surface area contributed by atoms with Crippen LogP contribution >= 0.6 is 0 Å². The zero-order chi connectivity index (χ0) is 13.9. The van der Waals surface area contributed by atoms with Crippen molar-refractivity contribution >= 4 is 5.88 Å². The summed E-state index contributed by atoms with van der Waals surface area (Å²) in [7, 11) is 1.66. The third-order valence-electron chi connectivity index (χ3n) is 4.12. The second kappa shape index (κ2) is 5.57. The summed E-state index contributed by atoms with van der Waals surface area (Å²) in [5.74, 6) is 1.72. The fourth-order valence-corrected chi connectivity index (χ4v) is 3.02. The summed E-state index contributed by atoms with van der Waals surface area (Å²) >= 11 is 0. The van der Waals surface area contributed by atoms with Crippen LogP contribution in [0.4, 0.5) is 5.88 Å². The van der Waals surface area contributed by atoms with Crippen molar-refractivity contribution in [1.29, 1.82) is 0 Å². The molecule has 2 aromatic rings. The number of anilines is 1. The summed E-state index contributed by atoms with van der Waals surface area (Å²) in [5, 5.41) is 4.23. The lowest BCUT2D eigenvalue weighted by atomic mass is 9.84. The monoisotopic (exact) mass is 272 g/mol. The molecule has 0 bridgehead atoms. The third-order valence-corrected chi connectivity index (χ3v) is 4.12. The zero-order valence-corrected chi connectivity index (χ0v) is 11.8. The van der Waals surface area contributed by atoms with Crippen LogP contribution in [0.1, 0.15) is 43.7 Å². The van der Waals surface area contributed by atoms with Crippen LogP contribution in [0.5, 0.6) is 5.75 Å². The Balaban J connectivity index is 1.96. The molecule has 106 valence electrons. The molecule has 4 heteroatoms. The van der Waals surface area contributed by atoms with Gasteiger partial charge in [0.05, 0.1) is 18.4 Å². The van der Waals surface area contributed by atoms with E-state index in [0.717, 1.165) is 22.6 Å². The van der Waals surface area contributed by atoms with Gasteiger partial charge in [0.25, 0.3) is 0 Å². The van der Waals surface area contributed by atoms with Crippen LogP contribution in [0.15, 0.2) is 28.8 Å². The molecule has 1 aromatic heterocycles. The van der Waals surface area contributed by atoms with Crippen molar-refractivity contribution in [3.05, 3.63) is 30.0 Å². The van der Waals surface area contributed by atoms with Crippen molar-refractivity contribution in [3.8, 4) is 16.9 Å². The summed E-state index contributed by atoms with van der Waals surface area (Å²) in [6.45, 7) is 0. The lowest BCUT2D eigenvalue weighted by molar-refractivity contribution is 0.388. The molecule has 0 radical (unpaired) electrons. The molecule has 1 aromatic carbocycles. The first-order valence-corrected chi connectivity index (χ1v) is 7.19. The maximum atomic E-state index is 5.99. The van der Waals surface area contributed by atoms with Crippen molar-refractivity contribution in [1.82, 2.24) is 5.16 Å². The van der Waals surface area contributed by atoms with E-state index in [2.05, 4.69) is 5.16 Å². The van der Waals surface area contributed by atoms with Crippen molar-refractivity contribution in [2.75, 3.05) is 12.8 Å². The van der Waals surface area contributed by atoms with E-state index in [0.29, 0.717) is 11.8 Å². The Kier molecular flexibility index (Phi) is 3.63. The van der Waals surface area contributed by atoms with Gasteiger partial charge in [0.2, 0.25) is 5.88 Å². The Morgan fingerprint density at radius 3 is 2.50 bits per heavy atom. The van der Waals surface area contributed by atoms with E-state index >= 15 is 0 Å². The molecule has 2 N–H and O–H groups in total.